The van der Waals surface area contributed by atoms with Gasteiger partial charge < -0.3 is 9.47 Å². The van der Waals surface area contributed by atoms with E-state index in [2.05, 4.69) is 4.98 Å². The van der Waals surface area contributed by atoms with Gasteiger partial charge in [-0.1, -0.05) is 31.5 Å². The van der Waals surface area contributed by atoms with Crippen molar-refractivity contribution in [1.29, 1.82) is 0 Å². The molecule has 0 spiro atoms. The monoisotopic (exact) mass is 321 g/mol. The standard InChI is InChI=1S/C16H17ClFN3O/c1-10(2)15-16(22)20(8-13-6-19-9-21(13)15)7-11-3-4-12(18)5-14(11)17/h3-6,9-10,15H,7-8H2,1-2H3. The number of halogens is 2. The minimum atomic E-state index is -0.378. The summed E-state index contributed by atoms with van der Waals surface area (Å²) in [6, 6.07) is 4.00. The molecule has 0 saturated carbocycles. The lowest BCUT2D eigenvalue weighted by Gasteiger charge is -2.36. The summed E-state index contributed by atoms with van der Waals surface area (Å²) in [6.07, 6.45) is 3.49. The maximum absolute atomic E-state index is 13.1. The Labute approximate surface area is 133 Å². The van der Waals surface area contributed by atoms with Crippen molar-refractivity contribution in [3.8, 4) is 0 Å². The highest BCUT2D eigenvalue weighted by Crippen LogP contribution is 2.30. The second-order valence-corrected chi connectivity index (χ2v) is 6.32. The lowest BCUT2D eigenvalue weighted by atomic mass is 9.99. The van der Waals surface area contributed by atoms with Crippen molar-refractivity contribution in [3.05, 3.63) is 52.8 Å². The predicted octanol–water partition coefficient (Wildman–Crippen LogP) is 3.42. The second kappa shape index (κ2) is 5.72. The summed E-state index contributed by atoms with van der Waals surface area (Å²) < 4.78 is 15.1. The lowest BCUT2D eigenvalue weighted by Crippen LogP contribution is -2.43. The summed E-state index contributed by atoms with van der Waals surface area (Å²) in [7, 11) is 0. The molecule has 3 rings (SSSR count). The summed E-state index contributed by atoms with van der Waals surface area (Å²) in [4.78, 5) is 18.7. The number of imidazole rings is 1. The number of carbonyl (C=O) groups excluding carboxylic acids is 1. The molecule has 6 heteroatoms. The smallest absolute Gasteiger partial charge is 0.246 e. The molecule has 22 heavy (non-hydrogen) atoms. The van der Waals surface area contributed by atoms with Crippen LogP contribution >= 0.6 is 11.6 Å². The number of aromatic nitrogens is 2. The summed E-state index contributed by atoms with van der Waals surface area (Å²) >= 11 is 6.08. The Bertz CT molecular complexity index is 713. The van der Waals surface area contributed by atoms with E-state index < -0.39 is 0 Å². The molecule has 1 atom stereocenters. The van der Waals surface area contributed by atoms with Gasteiger partial charge in [-0.2, -0.15) is 0 Å². The molecule has 1 unspecified atom stereocenters. The molecular weight excluding hydrogens is 305 g/mol. The molecule has 1 aromatic heterocycles. The van der Waals surface area contributed by atoms with E-state index in [-0.39, 0.29) is 23.7 Å². The third-order valence-electron chi connectivity index (χ3n) is 3.97. The highest BCUT2D eigenvalue weighted by Gasteiger charge is 2.34. The van der Waals surface area contributed by atoms with Crippen molar-refractivity contribution >= 4 is 17.5 Å². The molecule has 0 saturated heterocycles. The van der Waals surface area contributed by atoms with Gasteiger partial charge in [0.25, 0.3) is 0 Å². The van der Waals surface area contributed by atoms with Gasteiger partial charge in [-0.3, -0.25) is 4.79 Å². The Morgan fingerprint density at radius 2 is 2.23 bits per heavy atom. The highest BCUT2D eigenvalue weighted by molar-refractivity contribution is 6.31. The van der Waals surface area contributed by atoms with Crippen molar-refractivity contribution < 1.29 is 9.18 Å². The van der Waals surface area contributed by atoms with Gasteiger partial charge in [-0.15, -0.1) is 0 Å². The van der Waals surface area contributed by atoms with E-state index in [0.29, 0.717) is 18.1 Å². The first-order valence-electron chi connectivity index (χ1n) is 7.21. The fourth-order valence-electron chi connectivity index (χ4n) is 2.88. The van der Waals surface area contributed by atoms with Crippen LogP contribution in [0.2, 0.25) is 5.02 Å². The third kappa shape index (κ3) is 2.61. The van der Waals surface area contributed by atoms with Crippen LogP contribution in [0.3, 0.4) is 0 Å². The Morgan fingerprint density at radius 1 is 1.45 bits per heavy atom. The fraction of sp³-hybridized carbons (Fsp3) is 0.375. The van der Waals surface area contributed by atoms with Crippen LogP contribution in [0.4, 0.5) is 4.39 Å². The molecular formula is C16H17ClFN3O. The zero-order valence-corrected chi connectivity index (χ0v) is 13.2. The van der Waals surface area contributed by atoms with Crippen LogP contribution < -0.4 is 0 Å². The van der Waals surface area contributed by atoms with Gasteiger partial charge in [-0.25, -0.2) is 9.37 Å². The number of benzene rings is 1. The zero-order chi connectivity index (χ0) is 15.9. The van der Waals surface area contributed by atoms with E-state index in [9.17, 15) is 9.18 Å². The predicted molar refractivity (Wildman–Crippen MR) is 81.8 cm³/mol. The third-order valence-corrected chi connectivity index (χ3v) is 4.32. The van der Waals surface area contributed by atoms with Crippen molar-refractivity contribution in [2.45, 2.75) is 33.0 Å². The van der Waals surface area contributed by atoms with Crippen molar-refractivity contribution in [2.75, 3.05) is 0 Å². The van der Waals surface area contributed by atoms with Crippen LogP contribution in [-0.4, -0.2) is 20.4 Å². The normalized spacial score (nSPS) is 18.0. The number of rotatable bonds is 3. The van der Waals surface area contributed by atoms with Crippen LogP contribution in [-0.2, 0) is 17.9 Å². The van der Waals surface area contributed by atoms with Crippen molar-refractivity contribution in [3.63, 3.8) is 0 Å². The molecule has 0 bridgehead atoms. The first-order chi connectivity index (χ1) is 10.5. The zero-order valence-electron chi connectivity index (χ0n) is 12.5. The number of amides is 1. The summed E-state index contributed by atoms with van der Waals surface area (Å²) in [5.41, 5.74) is 1.74. The van der Waals surface area contributed by atoms with Crippen LogP contribution in [0.1, 0.15) is 31.1 Å². The maximum atomic E-state index is 13.1. The average Bonchev–Trinajstić information content (AvgIpc) is 2.89. The molecule has 4 nitrogen and oxygen atoms in total. The van der Waals surface area contributed by atoms with E-state index in [1.165, 1.54) is 12.1 Å². The van der Waals surface area contributed by atoms with Gasteiger partial charge in [0.15, 0.2) is 0 Å². The maximum Gasteiger partial charge on any atom is 0.246 e. The average molecular weight is 322 g/mol. The highest BCUT2D eigenvalue weighted by atomic mass is 35.5. The molecule has 1 amide bonds. The summed E-state index contributed by atoms with van der Waals surface area (Å²) in [5, 5.41) is 0.341. The molecule has 1 aliphatic heterocycles. The van der Waals surface area contributed by atoms with E-state index in [1.807, 2.05) is 18.4 Å². The molecule has 0 fully saturated rings. The molecule has 0 radical (unpaired) electrons. The molecule has 0 aliphatic carbocycles. The second-order valence-electron chi connectivity index (χ2n) is 5.91. The summed E-state index contributed by atoms with van der Waals surface area (Å²) in [5.74, 6) is -0.176. The Kier molecular flexibility index (Phi) is 3.91. The minimum Gasteiger partial charge on any atom is -0.331 e. The minimum absolute atomic E-state index is 0.0425. The number of nitrogens with zero attached hydrogens (tertiary/aromatic N) is 3. The van der Waals surface area contributed by atoms with E-state index in [0.717, 1.165) is 11.3 Å². The van der Waals surface area contributed by atoms with Gasteiger partial charge in [0.2, 0.25) is 5.91 Å². The molecule has 2 aromatic rings. The van der Waals surface area contributed by atoms with E-state index in [4.69, 9.17) is 11.6 Å². The first kappa shape index (κ1) is 15.0. The van der Waals surface area contributed by atoms with E-state index in [1.54, 1.807) is 23.5 Å². The molecule has 116 valence electrons. The lowest BCUT2D eigenvalue weighted by molar-refractivity contribution is -0.139. The quantitative estimate of drug-likeness (QED) is 0.869. The van der Waals surface area contributed by atoms with Crippen LogP contribution in [0.15, 0.2) is 30.7 Å². The van der Waals surface area contributed by atoms with Crippen LogP contribution in [0.25, 0.3) is 0 Å². The molecule has 1 aliphatic rings. The number of fused-ring (bicyclic) bond motifs is 1. The molecule has 0 N–H and O–H groups in total. The number of hydrogen-bond donors (Lipinski definition) is 0. The Balaban J connectivity index is 1.90. The van der Waals surface area contributed by atoms with Gasteiger partial charge in [0, 0.05) is 17.8 Å². The van der Waals surface area contributed by atoms with Gasteiger partial charge in [0.1, 0.15) is 11.9 Å². The van der Waals surface area contributed by atoms with Crippen LogP contribution in [0, 0.1) is 11.7 Å². The van der Waals surface area contributed by atoms with Gasteiger partial charge >= 0.3 is 0 Å². The Hall–Kier alpha value is -1.88. The van der Waals surface area contributed by atoms with Crippen LogP contribution in [0.5, 0.6) is 0 Å². The van der Waals surface area contributed by atoms with Gasteiger partial charge in [0.05, 0.1) is 18.6 Å². The Morgan fingerprint density at radius 3 is 2.91 bits per heavy atom. The first-order valence-corrected chi connectivity index (χ1v) is 7.58. The van der Waals surface area contributed by atoms with Crippen molar-refractivity contribution in [2.24, 2.45) is 5.92 Å². The molecule has 2 heterocycles. The number of carbonyl (C=O) groups is 1. The topological polar surface area (TPSA) is 38.1 Å². The van der Waals surface area contributed by atoms with Gasteiger partial charge in [-0.05, 0) is 23.6 Å². The summed E-state index contributed by atoms with van der Waals surface area (Å²) in [6.45, 7) is 4.88. The van der Waals surface area contributed by atoms with Crippen molar-refractivity contribution in [1.82, 2.24) is 14.5 Å². The molecule has 1 aromatic carbocycles. The van der Waals surface area contributed by atoms with E-state index >= 15 is 0 Å². The fourth-order valence-corrected chi connectivity index (χ4v) is 3.11. The SMILES string of the molecule is CC(C)C1C(=O)N(Cc2ccc(F)cc2Cl)Cc2cncn21. The number of hydrogen-bond acceptors (Lipinski definition) is 2. The largest absolute Gasteiger partial charge is 0.331 e.